The second-order valence-corrected chi connectivity index (χ2v) is 0.474. The van der Waals surface area contributed by atoms with Crippen molar-refractivity contribution in [1.29, 1.82) is 0 Å². The topological polar surface area (TPSA) is 100 Å². The molecule has 0 spiro atoms. The summed E-state index contributed by atoms with van der Waals surface area (Å²) in [6.07, 6.45) is 0. The molecule has 0 aromatic carbocycles. The maximum atomic E-state index is 8.40. The van der Waals surface area contributed by atoms with Gasteiger partial charge >= 0.3 is 31.7 Å². The predicted octanol–water partition coefficient (Wildman–Crippen LogP) is -0.860. The van der Waals surface area contributed by atoms with Gasteiger partial charge in [-0.1, -0.05) is 0 Å². The minimum Gasteiger partial charge on any atom is -0.356 e. The van der Waals surface area contributed by atoms with Crippen molar-refractivity contribution in [2.24, 2.45) is 0 Å². The van der Waals surface area contributed by atoms with Gasteiger partial charge in [-0.2, -0.15) is 0 Å². The minimum atomic E-state index is -1.75. The fourth-order valence-corrected chi connectivity index (χ4v) is 0. The zero-order valence-corrected chi connectivity index (χ0v) is 5.77. The molecule has 6 nitrogen and oxygen atoms in total. The zero-order chi connectivity index (χ0) is 6.28. The fraction of sp³-hybridized carbons (Fsp3) is 0. The summed E-state index contributed by atoms with van der Waals surface area (Å²) >= 11 is 0. The molecule has 0 aromatic rings. The molecule has 0 aliphatic carbocycles. The van der Waals surface area contributed by atoms with Gasteiger partial charge < -0.3 is 15.3 Å². The van der Waals surface area contributed by atoms with Crippen LogP contribution in [0, 0.1) is 15.3 Å². The van der Waals surface area contributed by atoms with Crippen molar-refractivity contribution in [3.63, 3.8) is 0 Å². The van der Waals surface area contributed by atoms with Crippen molar-refractivity contribution >= 4 is 9.29 Å². The minimum absolute atomic E-state index is 0. The predicted molar refractivity (Wildman–Crippen MR) is 17.5 cm³/mol. The van der Waals surface area contributed by atoms with E-state index in [9.17, 15) is 0 Å². The molecular formula is AgNO5Si. The van der Waals surface area contributed by atoms with E-state index in [2.05, 4.69) is 0 Å². The van der Waals surface area contributed by atoms with E-state index >= 15 is 0 Å². The van der Waals surface area contributed by atoms with Crippen LogP contribution in [0.4, 0.5) is 0 Å². The SMILES string of the molecule is O=[N+]([O-])[O-].O=[Si]=O.[Ag+]. The third-order valence-electron chi connectivity index (χ3n) is 0. The number of hydrogen-bond donors (Lipinski definition) is 0. The summed E-state index contributed by atoms with van der Waals surface area (Å²) in [4.78, 5) is 8.25. The zero-order valence-electron chi connectivity index (χ0n) is 3.29. The smallest absolute Gasteiger partial charge is 0.356 e. The average Bonchev–Trinajstić information content (AvgIpc) is 1.33. The molecule has 8 heteroatoms. The molecule has 0 saturated carbocycles. The molecule has 0 aromatic heterocycles. The van der Waals surface area contributed by atoms with Crippen LogP contribution in [0.1, 0.15) is 0 Å². The van der Waals surface area contributed by atoms with Crippen LogP contribution in [-0.4, -0.2) is 14.4 Å². The molecular weight excluding hydrogens is 230 g/mol. The first-order chi connectivity index (χ1) is 3.15. The second kappa shape index (κ2) is 15.9. The van der Waals surface area contributed by atoms with Gasteiger partial charge in [-0.05, 0) is 0 Å². The Hall–Kier alpha value is -0.243. The third kappa shape index (κ3) is 2210. The van der Waals surface area contributed by atoms with E-state index in [-0.39, 0.29) is 22.4 Å². The van der Waals surface area contributed by atoms with Crippen LogP contribution >= 0.6 is 0 Å². The van der Waals surface area contributed by atoms with Crippen molar-refractivity contribution in [3.8, 4) is 0 Å². The van der Waals surface area contributed by atoms with Gasteiger partial charge in [0, 0.05) is 0 Å². The number of hydrogen-bond acceptors (Lipinski definition) is 5. The molecule has 0 unspecified atom stereocenters. The monoisotopic (exact) mass is 229 g/mol. The van der Waals surface area contributed by atoms with Gasteiger partial charge in [0.15, 0.2) is 0 Å². The van der Waals surface area contributed by atoms with E-state index in [1.165, 1.54) is 0 Å². The summed E-state index contributed by atoms with van der Waals surface area (Å²) in [6, 6.07) is 0. The van der Waals surface area contributed by atoms with Gasteiger partial charge in [-0.25, -0.2) is 0 Å². The van der Waals surface area contributed by atoms with E-state index in [4.69, 9.17) is 24.2 Å². The summed E-state index contributed by atoms with van der Waals surface area (Å²) in [5.41, 5.74) is 0. The Bertz CT molecular complexity index is 80.4. The molecule has 0 rings (SSSR count). The van der Waals surface area contributed by atoms with Crippen LogP contribution in [0.15, 0.2) is 0 Å². The molecule has 0 atom stereocenters. The van der Waals surface area contributed by atoms with Crippen LogP contribution < -0.4 is 0 Å². The van der Waals surface area contributed by atoms with Crippen LogP contribution in [0.2, 0.25) is 0 Å². The Morgan fingerprint density at radius 2 is 1.25 bits per heavy atom. The van der Waals surface area contributed by atoms with Gasteiger partial charge in [0.05, 0.1) is 5.09 Å². The van der Waals surface area contributed by atoms with Crippen molar-refractivity contribution in [2.45, 2.75) is 0 Å². The quantitative estimate of drug-likeness (QED) is 0.306. The standard InChI is InChI=1S/Ag.NO3.O2Si/c;2-1(3)4;1-3-2/q+1;-1;. The first-order valence-corrected chi connectivity index (χ1v) is 1.77. The summed E-state index contributed by atoms with van der Waals surface area (Å²) in [5.74, 6) is 0. The van der Waals surface area contributed by atoms with E-state index < -0.39 is 14.4 Å². The van der Waals surface area contributed by atoms with E-state index in [1.807, 2.05) is 0 Å². The third-order valence-corrected chi connectivity index (χ3v) is 0. The Morgan fingerprint density at radius 3 is 1.25 bits per heavy atom. The molecule has 0 heterocycles. The largest absolute Gasteiger partial charge is 1.00 e. The van der Waals surface area contributed by atoms with Gasteiger partial charge in [-0.15, -0.1) is 0 Å². The van der Waals surface area contributed by atoms with Gasteiger partial charge in [-0.3, -0.25) is 8.92 Å². The molecule has 0 fully saturated rings. The fourth-order valence-electron chi connectivity index (χ4n) is 0. The van der Waals surface area contributed by atoms with Crippen molar-refractivity contribution < 1.29 is 36.4 Å². The molecule has 50 valence electrons. The second-order valence-electron chi connectivity index (χ2n) is 0.307. The van der Waals surface area contributed by atoms with Gasteiger partial charge in [0.25, 0.3) is 0 Å². The normalized spacial score (nSPS) is 4.00. The average molecular weight is 230 g/mol. The van der Waals surface area contributed by atoms with Crippen LogP contribution in [0.5, 0.6) is 0 Å². The molecule has 0 amide bonds. The Morgan fingerprint density at radius 1 is 1.25 bits per heavy atom. The van der Waals surface area contributed by atoms with Gasteiger partial charge in [0.1, 0.15) is 0 Å². The molecule has 0 N–H and O–H groups in total. The molecule has 0 aliphatic rings. The summed E-state index contributed by atoms with van der Waals surface area (Å²) in [7, 11) is -1.42. The molecule has 8 heavy (non-hydrogen) atoms. The van der Waals surface area contributed by atoms with Gasteiger partial charge in [0.2, 0.25) is 0 Å². The molecule has 0 aliphatic heterocycles. The molecule has 0 saturated heterocycles. The first-order valence-electron chi connectivity index (χ1n) is 0.956. The Kier molecular flexibility index (Phi) is 31.0. The van der Waals surface area contributed by atoms with Crippen LogP contribution in [0.3, 0.4) is 0 Å². The molecule has 0 radical (unpaired) electrons. The number of nitrogens with zero attached hydrogens (tertiary/aromatic N) is 1. The van der Waals surface area contributed by atoms with E-state index in [0.717, 1.165) is 0 Å². The van der Waals surface area contributed by atoms with Crippen molar-refractivity contribution in [3.05, 3.63) is 15.3 Å². The first kappa shape index (κ1) is 15.7. The summed E-state index contributed by atoms with van der Waals surface area (Å²) < 4.78 is 16.8. The Labute approximate surface area is 61.4 Å². The van der Waals surface area contributed by atoms with Crippen LogP contribution in [-0.2, 0) is 31.3 Å². The van der Waals surface area contributed by atoms with Crippen LogP contribution in [0.25, 0.3) is 0 Å². The Balaban J connectivity index is -0.0000000575. The van der Waals surface area contributed by atoms with Crippen molar-refractivity contribution in [2.75, 3.05) is 0 Å². The summed E-state index contributed by atoms with van der Waals surface area (Å²) in [5, 5.41) is 14.8. The maximum Gasteiger partial charge on any atom is 1.00 e. The molecule has 0 bridgehead atoms. The number of rotatable bonds is 0. The van der Waals surface area contributed by atoms with E-state index in [1.54, 1.807) is 0 Å². The summed E-state index contributed by atoms with van der Waals surface area (Å²) in [6.45, 7) is 0. The maximum absolute atomic E-state index is 8.40. The van der Waals surface area contributed by atoms with Crippen molar-refractivity contribution in [1.82, 2.24) is 0 Å². The van der Waals surface area contributed by atoms with E-state index in [0.29, 0.717) is 0 Å².